The van der Waals surface area contributed by atoms with Gasteiger partial charge in [-0.05, 0) is 68.7 Å². The van der Waals surface area contributed by atoms with Crippen LogP contribution in [0.25, 0.3) is 10.9 Å². The lowest BCUT2D eigenvalue weighted by Gasteiger charge is -2.29. The average Bonchev–Trinajstić information content (AvgIpc) is 3.35. The molecule has 5 rings (SSSR count). The molecule has 1 aliphatic carbocycles. The van der Waals surface area contributed by atoms with E-state index >= 15 is 0 Å². The minimum absolute atomic E-state index is 0.250. The van der Waals surface area contributed by atoms with E-state index < -0.39 is 0 Å². The Morgan fingerprint density at radius 1 is 1.00 bits per heavy atom. The quantitative estimate of drug-likeness (QED) is 0.446. The van der Waals surface area contributed by atoms with E-state index in [9.17, 15) is 0 Å². The highest BCUT2D eigenvalue weighted by Crippen LogP contribution is 2.38. The summed E-state index contributed by atoms with van der Waals surface area (Å²) in [6.45, 7) is 2.61. The van der Waals surface area contributed by atoms with Crippen LogP contribution in [0.5, 0.6) is 11.5 Å². The van der Waals surface area contributed by atoms with Crippen molar-refractivity contribution in [1.82, 2.24) is 9.97 Å². The molecule has 1 aliphatic heterocycles. The second-order valence-electron chi connectivity index (χ2n) is 8.95. The summed E-state index contributed by atoms with van der Waals surface area (Å²) in [6.07, 6.45) is 8.50. The van der Waals surface area contributed by atoms with Crippen molar-refractivity contribution in [2.45, 2.75) is 57.6 Å². The molecule has 7 heteroatoms. The molecule has 174 valence electrons. The zero-order valence-electron chi connectivity index (χ0n) is 19.1. The van der Waals surface area contributed by atoms with E-state index in [1.165, 1.54) is 32.1 Å². The third kappa shape index (κ3) is 5.11. The number of piperidine rings is 1. The largest absolute Gasteiger partial charge is 0.493 e. The molecule has 3 aromatic rings. The third-order valence-corrected chi connectivity index (χ3v) is 6.79. The van der Waals surface area contributed by atoms with Gasteiger partial charge in [0.15, 0.2) is 11.5 Å². The van der Waals surface area contributed by atoms with E-state index in [1.807, 2.05) is 36.4 Å². The number of rotatable bonds is 7. The molecule has 2 aromatic carbocycles. The number of hydrogen-bond donors (Lipinski definition) is 1. The maximum absolute atomic E-state index is 6.34. The van der Waals surface area contributed by atoms with Gasteiger partial charge >= 0.3 is 0 Å². The smallest absolute Gasteiger partial charge is 0.225 e. The number of hydrogen-bond acceptors (Lipinski definition) is 6. The summed E-state index contributed by atoms with van der Waals surface area (Å²) in [6, 6.07) is 11.9. The fourth-order valence-corrected chi connectivity index (χ4v) is 5.02. The Balaban J connectivity index is 1.52. The minimum atomic E-state index is 0.250. The van der Waals surface area contributed by atoms with Crippen LogP contribution in [0.3, 0.4) is 0 Å². The second kappa shape index (κ2) is 10.0. The van der Waals surface area contributed by atoms with E-state index in [2.05, 4.69) is 10.2 Å². The van der Waals surface area contributed by atoms with Crippen LogP contribution in [-0.2, 0) is 6.54 Å². The molecular weight excluding hydrogens is 436 g/mol. The van der Waals surface area contributed by atoms with Crippen molar-refractivity contribution in [3.63, 3.8) is 0 Å². The summed E-state index contributed by atoms with van der Waals surface area (Å²) >= 11 is 6.16. The normalized spacial score (nSPS) is 16.8. The van der Waals surface area contributed by atoms with Gasteiger partial charge in [0.2, 0.25) is 5.95 Å². The fraction of sp³-hybridized carbons (Fsp3) is 0.462. The number of benzene rings is 2. The molecule has 0 spiro atoms. The molecular formula is C26H31ClN4O2. The van der Waals surface area contributed by atoms with E-state index in [4.69, 9.17) is 31.0 Å². The van der Waals surface area contributed by atoms with Gasteiger partial charge < -0.3 is 19.7 Å². The Hall–Kier alpha value is -2.73. The number of fused-ring (bicyclic) bond motifs is 1. The Kier molecular flexibility index (Phi) is 6.72. The lowest BCUT2D eigenvalue weighted by atomic mass is 10.1. The van der Waals surface area contributed by atoms with Crippen LogP contribution < -0.4 is 19.7 Å². The number of anilines is 2. The van der Waals surface area contributed by atoms with Crippen LogP contribution in [0.2, 0.25) is 5.02 Å². The molecule has 33 heavy (non-hydrogen) atoms. The van der Waals surface area contributed by atoms with Crippen molar-refractivity contribution in [3.8, 4) is 11.5 Å². The minimum Gasteiger partial charge on any atom is -0.493 e. The summed E-state index contributed by atoms with van der Waals surface area (Å²) in [4.78, 5) is 12.2. The first-order valence-electron chi connectivity index (χ1n) is 12.0. The first-order chi connectivity index (χ1) is 16.2. The predicted octanol–water partition coefficient (Wildman–Crippen LogP) is 6.22. The van der Waals surface area contributed by atoms with Gasteiger partial charge in [-0.25, -0.2) is 4.98 Å². The Bertz CT molecular complexity index is 1110. The third-order valence-electron chi connectivity index (χ3n) is 6.55. The predicted molar refractivity (Wildman–Crippen MR) is 134 cm³/mol. The van der Waals surface area contributed by atoms with Crippen molar-refractivity contribution in [2.75, 3.05) is 30.4 Å². The summed E-state index contributed by atoms with van der Waals surface area (Å²) in [5.41, 5.74) is 1.96. The summed E-state index contributed by atoms with van der Waals surface area (Å²) in [7, 11) is 1.70. The highest BCUT2D eigenvalue weighted by atomic mass is 35.5. The van der Waals surface area contributed by atoms with E-state index in [1.54, 1.807) is 7.11 Å². The Morgan fingerprint density at radius 3 is 2.58 bits per heavy atom. The summed E-state index contributed by atoms with van der Waals surface area (Å²) < 4.78 is 12.1. The van der Waals surface area contributed by atoms with Gasteiger partial charge in [0.05, 0.1) is 18.7 Å². The Labute approximate surface area is 200 Å². The average molecular weight is 467 g/mol. The molecule has 2 aliphatic rings. The molecule has 0 bridgehead atoms. The van der Waals surface area contributed by atoms with Gasteiger partial charge in [0.25, 0.3) is 0 Å². The van der Waals surface area contributed by atoms with Gasteiger partial charge in [-0.1, -0.05) is 23.7 Å². The number of nitrogens with one attached hydrogen (secondary N) is 1. The van der Waals surface area contributed by atoms with Crippen LogP contribution in [-0.4, -0.2) is 36.3 Å². The van der Waals surface area contributed by atoms with Gasteiger partial charge in [0, 0.05) is 36.1 Å². The molecule has 1 N–H and O–H groups in total. The standard InChI is InChI=1S/C26H31ClN4O2/c1-32-23-15-21-22(16-24(23)33-20-10-3-4-11-20)29-26(28-17-18-8-7-9-19(27)14-18)30-25(21)31-12-5-2-6-13-31/h7-9,14-16,20H,2-6,10-13,17H2,1H3,(H,28,29,30). The molecule has 2 heterocycles. The maximum atomic E-state index is 6.34. The van der Waals surface area contributed by atoms with E-state index in [0.717, 1.165) is 64.7 Å². The highest BCUT2D eigenvalue weighted by Gasteiger charge is 2.22. The summed E-state index contributed by atoms with van der Waals surface area (Å²) in [5.74, 6) is 3.08. The van der Waals surface area contributed by atoms with Gasteiger partial charge in [-0.2, -0.15) is 4.98 Å². The molecule has 1 saturated carbocycles. The zero-order valence-corrected chi connectivity index (χ0v) is 19.9. The topological polar surface area (TPSA) is 59.5 Å². The van der Waals surface area contributed by atoms with Crippen molar-refractivity contribution < 1.29 is 9.47 Å². The van der Waals surface area contributed by atoms with Gasteiger partial charge in [-0.15, -0.1) is 0 Å². The number of ether oxygens (including phenoxy) is 2. The van der Waals surface area contributed by atoms with Crippen molar-refractivity contribution in [3.05, 3.63) is 47.0 Å². The van der Waals surface area contributed by atoms with E-state index in [0.29, 0.717) is 12.5 Å². The van der Waals surface area contributed by atoms with Crippen molar-refractivity contribution in [1.29, 1.82) is 0 Å². The van der Waals surface area contributed by atoms with E-state index in [-0.39, 0.29) is 6.10 Å². The molecule has 1 saturated heterocycles. The number of nitrogens with zero attached hydrogens (tertiary/aromatic N) is 3. The number of methoxy groups -OCH3 is 1. The second-order valence-corrected chi connectivity index (χ2v) is 9.38. The molecule has 1 aromatic heterocycles. The van der Waals surface area contributed by atoms with Crippen LogP contribution in [0, 0.1) is 0 Å². The van der Waals surface area contributed by atoms with Gasteiger partial charge in [0.1, 0.15) is 5.82 Å². The summed E-state index contributed by atoms with van der Waals surface area (Å²) in [5, 5.41) is 5.13. The highest BCUT2D eigenvalue weighted by molar-refractivity contribution is 6.30. The molecule has 0 atom stereocenters. The van der Waals surface area contributed by atoms with Gasteiger partial charge in [-0.3, -0.25) is 0 Å². The first kappa shape index (κ1) is 22.1. The molecule has 0 amide bonds. The first-order valence-corrected chi connectivity index (χ1v) is 12.4. The van der Waals surface area contributed by atoms with Crippen molar-refractivity contribution in [2.24, 2.45) is 0 Å². The molecule has 2 fully saturated rings. The number of aromatic nitrogens is 2. The molecule has 0 radical (unpaired) electrons. The monoisotopic (exact) mass is 466 g/mol. The SMILES string of the molecule is COc1cc2c(N3CCCCC3)nc(NCc3cccc(Cl)c3)nc2cc1OC1CCCC1. The lowest BCUT2D eigenvalue weighted by Crippen LogP contribution is -2.30. The van der Waals surface area contributed by atoms with Crippen LogP contribution in [0.15, 0.2) is 36.4 Å². The number of halogens is 1. The lowest BCUT2D eigenvalue weighted by molar-refractivity contribution is 0.201. The van der Waals surface area contributed by atoms with Crippen LogP contribution in [0.1, 0.15) is 50.5 Å². The van der Waals surface area contributed by atoms with Crippen LogP contribution in [0.4, 0.5) is 11.8 Å². The fourth-order valence-electron chi connectivity index (χ4n) is 4.81. The zero-order chi connectivity index (χ0) is 22.6. The Morgan fingerprint density at radius 2 is 1.82 bits per heavy atom. The molecule has 6 nitrogen and oxygen atoms in total. The van der Waals surface area contributed by atoms with Crippen molar-refractivity contribution >= 4 is 34.3 Å². The van der Waals surface area contributed by atoms with Crippen LogP contribution >= 0.6 is 11.6 Å². The maximum Gasteiger partial charge on any atom is 0.225 e. The molecule has 0 unspecified atom stereocenters.